The monoisotopic (exact) mass is 211 g/mol. The highest BCUT2D eigenvalue weighted by Crippen LogP contribution is 2.17. The molecule has 0 saturated carbocycles. The Labute approximate surface area is 70.5 Å². The summed E-state index contributed by atoms with van der Waals surface area (Å²) in [5.41, 5.74) is 1.03. The fraction of sp³-hybridized carbons (Fsp3) is 0. The first-order valence-corrected chi connectivity index (χ1v) is 3.69. The summed E-state index contributed by atoms with van der Waals surface area (Å²) in [7, 11) is 0. The second-order valence-corrected chi connectivity index (χ2v) is 2.75. The molecule has 0 N–H and O–H groups in total. The molecule has 11 heavy (non-hydrogen) atoms. The van der Waals surface area contributed by atoms with Crippen molar-refractivity contribution in [2.75, 3.05) is 0 Å². The zero-order chi connectivity index (χ0) is 7.84. The maximum Gasteiger partial charge on any atom is 0.298 e. The lowest BCUT2D eigenvalue weighted by molar-refractivity contribution is -0.111. The normalized spacial score (nSPS) is 20.8. The van der Waals surface area contributed by atoms with E-state index in [1.165, 1.54) is 6.21 Å². The molecule has 0 atom stereocenters. The van der Waals surface area contributed by atoms with E-state index in [2.05, 4.69) is 31.1 Å². The van der Waals surface area contributed by atoms with Crippen LogP contribution in [0.15, 0.2) is 26.8 Å². The van der Waals surface area contributed by atoms with E-state index in [4.69, 9.17) is 0 Å². The minimum atomic E-state index is -0.333. The van der Waals surface area contributed by atoms with Gasteiger partial charge in [0.25, 0.3) is 5.91 Å². The van der Waals surface area contributed by atoms with Crippen LogP contribution in [0.2, 0.25) is 0 Å². The van der Waals surface area contributed by atoms with Crippen molar-refractivity contribution in [2.45, 2.75) is 0 Å². The van der Waals surface area contributed by atoms with Crippen LogP contribution in [-0.4, -0.2) is 22.5 Å². The van der Waals surface area contributed by atoms with E-state index in [1.807, 2.05) is 0 Å². The number of hydrogen-bond acceptors (Lipinski definition) is 3. The van der Waals surface area contributed by atoms with Crippen molar-refractivity contribution >= 4 is 38.4 Å². The number of allylic oxidation sites excluding steroid dienone is 1. The van der Waals surface area contributed by atoms with Crippen molar-refractivity contribution in [3.8, 4) is 0 Å². The Bertz CT molecular complexity index is 351. The van der Waals surface area contributed by atoms with E-state index < -0.39 is 0 Å². The van der Waals surface area contributed by atoms with Crippen LogP contribution in [0.1, 0.15) is 0 Å². The van der Waals surface area contributed by atoms with E-state index >= 15 is 0 Å². The van der Waals surface area contributed by atoms with Gasteiger partial charge in [0.05, 0.1) is 0 Å². The van der Waals surface area contributed by atoms with Gasteiger partial charge in [-0.1, -0.05) is 0 Å². The van der Waals surface area contributed by atoms with Gasteiger partial charge < -0.3 is 0 Å². The molecular formula is C6H2BrN3O. The lowest BCUT2D eigenvalue weighted by Crippen LogP contribution is -2.17. The molecule has 2 heterocycles. The average Bonchev–Trinajstić information content (AvgIpc) is 2.35. The van der Waals surface area contributed by atoms with Crippen molar-refractivity contribution in [3.63, 3.8) is 0 Å². The Morgan fingerprint density at radius 2 is 2.18 bits per heavy atom. The molecule has 4 nitrogen and oxygen atoms in total. The quantitative estimate of drug-likeness (QED) is 0.582. The largest absolute Gasteiger partial charge is 0.298 e. The van der Waals surface area contributed by atoms with Gasteiger partial charge in [0.2, 0.25) is 0 Å². The third kappa shape index (κ3) is 0.883. The van der Waals surface area contributed by atoms with Crippen LogP contribution in [0.4, 0.5) is 0 Å². The predicted octanol–water partition coefficient (Wildman–Crippen LogP) is 0.687. The lowest BCUT2D eigenvalue weighted by Gasteiger charge is -1.99. The molecule has 54 valence electrons. The van der Waals surface area contributed by atoms with Crippen LogP contribution in [-0.2, 0) is 4.79 Å². The number of amides is 1. The molecule has 2 aliphatic rings. The van der Waals surface area contributed by atoms with Crippen molar-refractivity contribution in [2.24, 2.45) is 15.2 Å². The number of carbonyl (C=O) groups is 1. The third-order valence-corrected chi connectivity index (χ3v) is 1.94. The zero-order valence-corrected chi connectivity index (χ0v) is 6.87. The molecule has 0 radical (unpaired) electrons. The molecule has 0 fully saturated rings. The highest BCUT2D eigenvalue weighted by atomic mass is 79.9. The van der Waals surface area contributed by atoms with Crippen LogP contribution < -0.4 is 0 Å². The van der Waals surface area contributed by atoms with Crippen molar-refractivity contribution in [1.29, 1.82) is 0 Å². The first-order valence-electron chi connectivity index (χ1n) is 2.89. The molecule has 0 aromatic carbocycles. The summed E-state index contributed by atoms with van der Waals surface area (Å²) in [6.45, 7) is 0. The SMILES string of the molecule is O=C1N=CC=C2C(Br)=NN=C12. The third-order valence-electron chi connectivity index (χ3n) is 1.35. The number of halogens is 1. The molecular weight excluding hydrogens is 210 g/mol. The number of dihydropyridines is 1. The molecule has 0 aromatic heterocycles. The summed E-state index contributed by atoms with van der Waals surface area (Å²) >= 11 is 3.16. The van der Waals surface area contributed by atoms with Crippen molar-refractivity contribution in [1.82, 2.24) is 0 Å². The zero-order valence-electron chi connectivity index (χ0n) is 5.28. The first kappa shape index (κ1) is 6.60. The van der Waals surface area contributed by atoms with Gasteiger partial charge >= 0.3 is 0 Å². The number of carbonyl (C=O) groups excluding carboxylic acids is 1. The van der Waals surface area contributed by atoms with Gasteiger partial charge in [0.15, 0.2) is 5.71 Å². The smallest absolute Gasteiger partial charge is 0.265 e. The van der Waals surface area contributed by atoms with Crippen LogP contribution in [0.3, 0.4) is 0 Å². The molecule has 0 aliphatic carbocycles. The van der Waals surface area contributed by atoms with Gasteiger partial charge in [0, 0.05) is 11.8 Å². The second-order valence-electron chi connectivity index (χ2n) is 2.00. The van der Waals surface area contributed by atoms with E-state index in [9.17, 15) is 4.79 Å². The van der Waals surface area contributed by atoms with E-state index in [-0.39, 0.29) is 5.91 Å². The van der Waals surface area contributed by atoms with E-state index in [1.54, 1.807) is 6.08 Å². The van der Waals surface area contributed by atoms with Crippen LogP contribution in [0, 0.1) is 0 Å². The molecule has 0 unspecified atom stereocenters. The van der Waals surface area contributed by atoms with E-state index in [0.29, 0.717) is 15.9 Å². The van der Waals surface area contributed by atoms with Gasteiger partial charge in [-0.2, -0.15) is 0 Å². The molecule has 0 bridgehead atoms. The Morgan fingerprint density at radius 1 is 1.36 bits per heavy atom. The van der Waals surface area contributed by atoms with Crippen LogP contribution >= 0.6 is 15.9 Å². The number of rotatable bonds is 0. The summed E-state index contributed by atoms with van der Waals surface area (Å²) in [5.74, 6) is -0.333. The van der Waals surface area contributed by atoms with Gasteiger partial charge in [-0.25, -0.2) is 4.99 Å². The molecule has 0 aromatic rings. The highest BCUT2D eigenvalue weighted by Gasteiger charge is 2.25. The number of nitrogens with zero attached hydrogens (tertiary/aromatic N) is 3. The minimum absolute atomic E-state index is 0.319. The lowest BCUT2D eigenvalue weighted by atomic mass is 10.1. The first-order chi connectivity index (χ1) is 5.29. The van der Waals surface area contributed by atoms with Gasteiger partial charge in [0.1, 0.15) is 4.62 Å². The molecule has 2 rings (SSSR count). The maximum absolute atomic E-state index is 11.0. The Morgan fingerprint density at radius 3 is 2.91 bits per heavy atom. The van der Waals surface area contributed by atoms with Crippen molar-refractivity contribution < 1.29 is 4.79 Å². The Balaban J connectivity index is 2.53. The fourth-order valence-corrected chi connectivity index (χ4v) is 1.24. The Hall–Kier alpha value is -1.10. The molecule has 5 heteroatoms. The van der Waals surface area contributed by atoms with Crippen LogP contribution in [0.25, 0.3) is 0 Å². The minimum Gasteiger partial charge on any atom is -0.265 e. The van der Waals surface area contributed by atoms with Crippen LogP contribution in [0.5, 0.6) is 0 Å². The fourth-order valence-electron chi connectivity index (χ4n) is 0.846. The summed E-state index contributed by atoms with van der Waals surface area (Å²) in [6.07, 6.45) is 3.14. The summed E-state index contributed by atoms with van der Waals surface area (Å²) in [6, 6.07) is 0. The summed E-state index contributed by atoms with van der Waals surface area (Å²) in [4.78, 5) is 14.5. The summed E-state index contributed by atoms with van der Waals surface area (Å²) < 4.78 is 0.590. The molecule has 0 spiro atoms. The Kier molecular flexibility index (Phi) is 1.32. The van der Waals surface area contributed by atoms with Gasteiger partial charge in [-0.05, 0) is 22.0 Å². The highest BCUT2D eigenvalue weighted by molar-refractivity contribution is 9.18. The van der Waals surface area contributed by atoms with Gasteiger partial charge in [-0.3, -0.25) is 4.79 Å². The topological polar surface area (TPSA) is 54.1 Å². The summed E-state index contributed by atoms with van der Waals surface area (Å²) in [5, 5.41) is 7.33. The maximum atomic E-state index is 11.0. The molecule has 0 saturated heterocycles. The molecule has 2 aliphatic heterocycles. The number of aliphatic imine (C=N–C) groups is 1. The van der Waals surface area contributed by atoms with Crippen molar-refractivity contribution in [3.05, 3.63) is 11.6 Å². The van der Waals surface area contributed by atoms with E-state index in [0.717, 1.165) is 0 Å². The number of hydrogen-bond donors (Lipinski definition) is 0. The number of fused-ring (bicyclic) bond motifs is 1. The second kappa shape index (κ2) is 2.20. The predicted molar refractivity (Wildman–Crippen MR) is 45.4 cm³/mol. The standard InChI is InChI=1S/C6H2BrN3O/c7-5-3-1-2-8-6(11)4(3)9-10-5/h1-2H. The van der Waals surface area contributed by atoms with Gasteiger partial charge in [-0.15, -0.1) is 10.2 Å². The molecule has 1 amide bonds. The average molecular weight is 212 g/mol.